The Hall–Kier alpha value is -1.15. The fourth-order valence-corrected chi connectivity index (χ4v) is 3.22. The average molecular weight is 273 g/mol. The Morgan fingerprint density at radius 1 is 1.15 bits per heavy atom. The molecule has 2 heteroatoms. The number of rotatable bonds is 3. The monoisotopic (exact) mass is 273 g/mol. The lowest BCUT2D eigenvalue weighted by Crippen LogP contribution is -2.43. The first-order valence-corrected chi connectivity index (χ1v) is 7.73. The number of carbonyl (C=O) groups excluding carboxylic acids is 1. The van der Waals surface area contributed by atoms with Crippen LogP contribution in [0.25, 0.3) is 0 Å². The Morgan fingerprint density at radius 3 is 2.45 bits per heavy atom. The molecule has 1 heterocycles. The number of likely N-dealkylation sites (tertiary alicyclic amines) is 1. The van der Waals surface area contributed by atoms with E-state index in [2.05, 4.69) is 44.7 Å². The molecule has 2 rings (SSSR count). The van der Waals surface area contributed by atoms with E-state index in [9.17, 15) is 4.79 Å². The third kappa shape index (κ3) is 3.29. The van der Waals surface area contributed by atoms with Crippen molar-refractivity contribution < 1.29 is 4.79 Å². The number of nitrogens with zero attached hydrogens (tertiary/aromatic N) is 1. The zero-order valence-electron chi connectivity index (χ0n) is 13.5. The fraction of sp³-hybridized carbons (Fsp3) is 0.611. The SMILES string of the molecule is Cc1cc(C)c(C(=O)CN2CCC(C)CC2C)cc1C. The molecule has 1 aromatic carbocycles. The highest BCUT2D eigenvalue weighted by Crippen LogP contribution is 2.23. The minimum absolute atomic E-state index is 0.270. The molecule has 0 spiro atoms. The summed E-state index contributed by atoms with van der Waals surface area (Å²) >= 11 is 0. The second-order valence-electron chi connectivity index (χ2n) is 6.62. The molecule has 110 valence electrons. The van der Waals surface area contributed by atoms with Gasteiger partial charge in [-0.05, 0) is 75.8 Å². The van der Waals surface area contributed by atoms with E-state index in [0.29, 0.717) is 12.6 Å². The van der Waals surface area contributed by atoms with Crippen LogP contribution in [-0.2, 0) is 0 Å². The second-order valence-corrected chi connectivity index (χ2v) is 6.62. The lowest BCUT2D eigenvalue weighted by atomic mass is 9.92. The highest BCUT2D eigenvalue weighted by molar-refractivity contribution is 5.99. The lowest BCUT2D eigenvalue weighted by molar-refractivity contribution is 0.0815. The third-order valence-electron chi connectivity index (χ3n) is 4.76. The summed E-state index contributed by atoms with van der Waals surface area (Å²) in [7, 11) is 0. The van der Waals surface area contributed by atoms with Gasteiger partial charge in [-0.25, -0.2) is 0 Å². The molecule has 0 N–H and O–H groups in total. The summed E-state index contributed by atoms with van der Waals surface area (Å²) < 4.78 is 0. The van der Waals surface area contributed by atoms with E-state index in [-0.39, 0.29) is 5.78 Å². The first kappa shape index (κ1) is 15.2. The molecule has 0 aromatic heterocycles. The van der Waals surface area contributed by atoms with Gasteiger partial charge < -0.3 is 0 Å². The summed E-state index contributed by atoms with van der Waals surface area (Å²) in [4.78, 5) is 14.9. The topological polar surface area (TPSA) is 20.3 Å². The van der Waals surface area contributed by atoms with Crippen LogP contribution in [0.3, 0.4) is 0 Å². The fourth-order valence-electron chi connectivity index (χ4n) is 3.22. The highest BCUT2D eigenvalue weighted by Gasteiger charge is 2.25. The van der Waals surface area contributed by atoms with E-state index < -0.39 is 0 Å². The van der Waals surface area contributed by atoms with Gasteiger partial charge in [0.15, 0.2) is 5.78 Å². The average Bonchev–Trinajstić information content (AvgIpc) is 2.37. The molecule has 1 aliphatic heterocycles. The molecule has 1 aromatic rings. The summed E-state index contributed by atoms with van der Waals surface area (Å²) in [6, 6.07) is 4.71. The Kier molecular flexibility index (Phi) is 4.64. The molecule has 1 fully saturated rings. The van der Waals surface area contributed by atoms with Gasteiger partial charge in [0.25, 0.3) is 0 Å². The minimum Gasteiger partial charge on any atom is -0.293 e. The van der Waals surface area contributed by atoms with Crippen molar-refractivity contribution in [2.45, 2.75) is 53.5 Å². The van der Waals surface area contributed by atoms with Gasteiger partial charge in [-0.15, -0.1) is 0 Å². The second kappa shape index (κ2) is 6.09. The standard InChI is InChI=1S/C18H27NO/c1-12-6-7-19(16(5)8-12)11-18(20)17-10-14(3)13(2)9-15(17)4/h9-10,12,16H,6-8,11H2,1-5H3. The van der Waals surface area contributed by atoms with Crippen molar-refractivity contribution in [1.82, 2.24) is 4.90 Å². The van der Waals surface area contributed by atoms with E-state index in [0.717, 1.165) is 23.6 Å². The normalized spacial score (nSPS) is 23.9. The number of benzene rings is 1. The number of aryl methyl sites for hydroxylation is 3. The molecule has 20 heavy (non-hydrogen) atoms. The largest absolute Gasteiger partial charge is 0.293 e. The van der Waals surface area contributed by atoms with Gasteiger partial charge in [0.1, 0.15) is 0 Å². The zero-order chi connectivity index (χ0) is 14.9. The van der Waals surface area contributed by atoms with E-state index in [1.165, 1.54) is 24.0 Å². The quantitative estimate of drug-likeness (QED) is 0.778. The summed E-state index contributed by atoms with van der Waals surface area (Å²) in [5.41, 5.74) is 4.48. The van der Waals surface area contributed by atoms with Crippen molar-refractivity contribution in [3.8, 4) is 0 Å². The van der Waals surface area contributed by atoms with E-state index >= 15 is 0 Å². The molecular formula is C18H27NO. The van der Waals surface area contributed by atoms with Crippen molar-refractivity contribution in [3.63, 3.8) is 0 Å². The number of Topliss-reactive ketones (excluding diaryl/α,β-unsaturated/α-hetero) is 1. The molecule has 0 bridgehead atoms. The van der Waals surface area contributed by atoms with Crippen LogP contribution in [0, 0.1) is 26.7 Å². The van der Waals surface area contributed by atoms with Crippen molar-refractivity contribution in [2.24, 2.45) is 5.92 Å². The summed E-state index contributed by atoms with van der Waals surface area (Å²) in [5, 5.41) is 0. The molecule has 0 amide bonds. The summed E-state index contributed by atoms with van der Waals surface area (Å²) in [6.45, 7) is 12.4. The summed E-state index contributed by atoms with van der Waals surface area (Å²) in [5.74, 6) is 1.06. The van der Waals surface area contributed by atoms with Gasteiger partial charge >= 0.3 is 0 Å². The van der Waals surface area contributed by atoms with Gasteiger partial charge in [-0.1, -0.05) is 13.0 Å². The number of hydrogen-bond acceptors (Lipinski definition) is 2. The van der Waals surface area contributed by atoms with Crippen molar-refractivity contribution in [2.75, 3.05) is 13.1 Å². The Morgan fingerprint density at radius 2 is 1.80 bits per heavy atom. The van der Waals surface area contributed by atoms with Gasteiger partial charge in [-0.2, -0.15) is 0 Å². The van der Waals surface area contributed by atoms with Crippen LogP contribution >= 0.6 is 0 Å². The smallest absolute Gasteiger partial charge is 0.177 e. The number of carbonyl (C=O) groups is 1. The Labute approximate surface area is 123 Å². The predicted molar refractivity (Wildman–Crippen MR) is 84.4 cm³/mol. The van der Waals surface area contributed by atoms with E-state index in [1.54, 1.807) is 0 Å². The molecule has 0 radical (unpaired) electrons. The number of ketones is 1. The molecule has 1 aliphatic rings. The van der Waals surface area contributed by atoms with Crippen LogP contribution in [0.4, 0.5) is 0 Å². The van der Waals surface area contributed by atoms with Crippen LogP contribution < -0.4 is 0 Å². The summed E-state index contributed by atoms with van der Waals surface area (Å²) in [6.07, 6.45) is 2.42. The van der Waals surface area contributed by atoms with Crippen LogP contribution in [-0.4, -0.2) is 29.8 Å². The van der Waals surface area contributed by atoms with Gasteiger partial charge in [-0.3, -0.25) is 9.69 Å². The van der Waals surface area contributed by atoms with Crippen LogP contribution in [0.5, 0.6) is 0 Å². The van der Waals surface area contributed by atoms with Crippen molar-refractivity contribution >= 4 is 5.78 Å². The van der Waals surface area contributed by atoms with Crippen LogP contribution in [0.2, 0.25) is 0 Å². The van der Waals surface area contributed by atoms with E-state index in [4.69, 9.17) is 0 Å². The molecular weight excluding hydrogens is 246 g/mol. The third-order valence-corrected chi connectivity index (χ3v) is 4.76. The van der Waals surface area contributed by atoms with E-state index in [1.807, 2.05) is 6.92 Å². The lowest BCUT2D eigenvalue weighted by Gasteiger charge is -2.36. The van der Waals surface area contributed by atoms with Crippen LogP contribution in [0.15, 0.2) is 12.1 Å². The maximum atomic E-state index is 12.6. The Balaban J connectivity index is 2.11. The molecule has 2 atom stereocenters. The zero-order valence-corrected chi connectivity index (χ0v) is 13.5. The van der Waals surface area contributed by atoms with Gasteiger partial charge in [0.2, 0.25) is 0 Å². The van der Waals surface area contributed by atoms with Crippen molar-refractivity contribution in [1.29, 1.82) is 0 Å². The first-order valence-electron chi connectivity index (χ1n) is 7.73. The highest BCUT2D eigenvalue weighted by atomic mass is 16.1. The van der Waals surface area contributed by atoms with Crippen LogP contribution in [0.1, 0.15) is 53.7 Å². The Bertz CT molecular complexity index is 506. The molecule has 0 aliphatic carbocycles. The molecule has 0 saturated carbocycles. The predicted octanol–water partition coefficient (Wildman–Crippen LogP) is 3.91. The number of hydrogen-bond donors (Lipinski definition) is 0. The molecule has 2 nitrogen and oxygen atoms in total. The first-order chi connectivity index (χ1) is 9.38. The minimum atomic E-state index is 0.270. The maximum Gasteiger partial charge on any atom is 0.177 e. The van der Waals surface area contributed by atoms with Gasteiger partial charge in [0.05, 0.1) is 6.54 Å². The van der Waals surface area contributed by atoms with Gasteiger partial charge in [0, 0.05) is 11.6 Å². The maximum absolute atomic E-state index is 12.6. The number of piperidine rings is 1. The molecule has 2 unspecified atom stereocenters. The molecule has 1 saturated heterocycles. The van der Waals surface area contributed by atoms with Crippen molar-refractivity contribution in [3.05, 3.63) is 34.4 Å².